The van der Waals surface area contributed by atoms with E-state index < -0.39 is 18.0 Å². The third-order valence-corrected chi connectivity index (χ3v) is 7.00. The first-order valence-electron chi connectivity index (χ1n) is 13.2. The predicted molar refractivity (Wildman–Crippen MR) is 139 cm³/mol. The highest BCUT2D eigenvalue weighted by Crippen LogP contribution is 2.25. The third kappa shape index (κ3) is 7.18. The van der Waals surface area contributed by atoms with Crippen LogP contribution in [0.5, 0.6) is 5.88 Å². The fourth-order valence-electron chi connectivity index (χ4n) is 4.77. The van der Waals surface area contributed by atoms with E-state index >= 15 is 0 Å². The second kappa shape index (κ2) is 12.5. The highest BCUT2D eigenvalue weighted by molar-refractivity contribution is 5.82. The van der Waals surface area contributed by atoms with Crippen LogP contribution in [0, 0.1) is 11.7 Å². The molecule has 2 amide bonds. The minimum Gasteiger partial charge on any atom is -0.477 e. The standard InChI is InChI=1S/C28H36F2N4O4/c1-18(2)38-28(36)33-10-7-19(8-11-33)17-37-26-6-5-22(15-32-26)20-3-4-21(24(30)13-20)14-25(31)27(35)34-12-9-23(29)16-34/h3-6,13,15,18-19,23,25H,7-12,14,16-17,31H2,1-2H3/t23-,25-/m0/s1. The van der Waals surface area contributed by atoms with Crippen molar-refractivity contribution in [2.75, 3.05) is 32.8 Å². The summed E-state index contributed by atoms with van der Waals surface area (Å²) in [6.07, 6.45) is 2.24. The Morgan fingerprint density at radius 3 is 2.39 bits per heavy atom. The monoisotopic (exact) mass is 530 g/mol. The Morgan fingerprint density at radius 2 is 1.79 bits per heavy atom. The molecule has 2 N–H and O–H groups in total. The molecule has 206 valence electrons. The molecule has 0 unspecified atom stereocenters. The first kappa shape index (κ1) is 27.8. The number of amides is 2. The highest BCUT2D eigenvalue weighted by atomic mass is 19.1. The Morgan fingerprint density at radius 1 is 1.08 bits per heavy atom. The molecule has 38 heavy (non-hydrogen) atoms. The van der Waals surface area contributed by atoms with E-state index in [1.807, 2.05) is 19.9 Å². The van der Waals surface area contributed by atoms with Crippen molar-refractivity contribution in [3.05, 3.63) is 47.9 Å². The fourth-order valence-corrected chi connectivity index (χ4v) is 4.77. The zero-order valence-corrected chi connectivity index (χ0v) is 21.9. The largest absolute Gasteiger partial charge is 0.477 e. The molecule has 2 aromatic rings. The lowest BCUT2D eigenvalue weighted by atomic mass is 9.98. The normalized spacial score (nSPS) is 19.1. The van der Waals surface area contributed by atoms with Crippen LogP contribution in [0.4, 0.5) is 13.6 Å². The summed E-state index contributed by atoms with van der Waals surface area (Å²) in [5, 5.41) is 0. The van der Waals surface area contributed by atoms with Gasteiger partial charge in [0, 0.05) is 37.5 Å². The molecule has 2 fully saturated rings. The molecule has 0 aliphatic carbocycles. The molecule has 2 atom stereocenters. The van der Waals surface area contributed by atoms with Crippen molar-refractivity contribution >= 4 is 12.0 Å². The molecule has 2 aliphatic rings. The molecule has 0 saturated carbocycles. The minimum absolute atomic E-state index is 0.0429. The number of aromatic nitrogens is 1. The lowest BCUT2D eigenvalue weighted by molar-refractivity contribution is -0.131. The van der Waals surface area contributed by atoms with E-state index in [1.165, 1.54) is 11.0 Å². The summed E-state index contributed by atoms with van der Waals surface area (Å²) >= 11 is 0. The van der Waals surface area contributed by atoms with E-state index in [0.717, 1.165) is 18.4 Å². The van der Waals surface area contributed by atoms with Crippen LogP contribution in [0.1, 0.15) is 38.7 Å². The van der Waals surface area contributed by atoms with E-state index in [9.17, 15) is 18.4 Å². The molecule has 2 aliphatic heterocycles. The van der Waals surface area contributed by atoms with Crippen LogP contribution in [0.25, 0.3) is 11.1 Å². The second-order valence-electron chi connectivity index (χ2n) is 10.3. The van der Waals surface area contributed by atoms with Gasteiger partial charge in [-0.2, -0.15) is 0 Å². The highest BCUT2D eigenvalue weighted by Gasteiger charge is 2.29. The van der Waals surface area contributed by atoms with E-state index in [1.54, 1.807) is 29.3 Å². The number of pyridine rings is 1. The Kier molecular flexibility index (Phi) is 9.14. The molecule has 0 radical (unpaired) electrons. The number of carbonyl (C=O) groups is 2. The molecular formula is C28H36F2N4O4. The Hall–Kier alpha value is -3.27. The molecule has 0 spiro atoms. The lowest BCUT2D eigenvalue weighted by Crippen LogP contribution is -2.44. The maximum Gasteiger partial charge on any atom is 0.410 e. The smallest absolute Gasteiger partial charge is 0.410 e. The Bertz CT molecular complexity index is 1110. The number of nitrogens with zero attached hydrogens (tertiary/aromatic N) is 3. The molecule has 2 saturated heterocycles. The summed E-state index contributed by atoms with van der Waals surface area (Å²) in [6.45, 7) is 5.86. The van der Waals surface area contributed by atoms with Gasteiger partial charge < -0.3 is 25.0 Å². The number of halogens is 2. The van der Waals surface area contributed by atoms with Crippen LogP contribution in [0.2, 0.25) is 0 Å². The van der Waals surface area contributed by atoms with Gasteiger partial charge in [-0.1, -0.05) is 12.1 Å². The van der Waals surface area contributed by atoms with Gasteiger partial charge in [0.25, 0.3) is 0 Å². The first-order chi connectivity index (χ1) is 18.2. The summed E-state index contributed by atoms with van der Waals surface area (Å²) in [5.41, 5.74) is 7.71. The van der Waals surface area contributed by atoms with Crippen molar-refractivity contribution in [3.63, 3.8) is 0 Å². The summed E-state index contributed by atoms with van der Waals surface area (Å²) in [7, 11) is 0. The van der Waals surface area contributed by atoms with Crippen LogP contribution in [-0.2, 0) is 16.0 Å². The van der Waals surface area contributed by atoms with Crippen LogP contribution >= 0.6 is 0 Å². The lowest BCUT2D eigenvalue weighted by Gasteiger charge is -2.31. The van der Waals surface area contributed by atoms with Crippen molar-refractivity contribution in [2.45, 2.75) is 57.8 Å². The van der Waals surface area contributed by atoms with Gasteiger partial charge >= 0.3 is 6.09 Å². The number of carbonyl (C=O) groups excluding carboxylic acids is 2. The number of rotatable bonds is 8. The second-order valence-corrected chi connectivity index (χ2v) is 10.3. The van der Waals surface area contributed by atoms with E-state index in [-0.39, 0.29) is 31.1 Å². The zero-order chi connectivity index (χ0) is 27.2. The topological polar surface area (TPSA) is 98.0 Å². The van der Waals surface area contributed by atoms with Crippen LogP contribution in [0.3, 0.4) is 0 Å². The average Bonchev–Trinajstić information content (AvgIpc) is 3.34. The van der Waals surface area contributed by atoms with Crippen molar-refractivity contribution in [3.8, 4) is 17.0 Å². The van der Waals surface area contributed by atoms with Crippen LogP contribution in [-0.4, -0.2) is 77.9 Å². The Labute approximate surface area is 222 Å². The van der Waals surface area contributed by atoms with Gasteiger partial charge in [0.05, 0.1) is 25.3 Å². The van der Waals surface area contributed by atoms with E-state index in [2.05, 4.69) is 4.98 Å². The molecule has 10 heteroatoms. The number of ether oxygens (including phenoxy) is 2. The van der Waals surface area contributed by atoms with Gasteiger partial charge in [0.15, 0.2) is 0 Å². The number of nitrogens with two attached hydrogens (primary N) is 1. The SMILES string of the molecule is CC(C)OC(=O)N1CCC(COc2ccc(-c3ccc(C[C@H](N)C(=O)N4CC[C@H](F)C4)c(F)c3)cn2)CC1. The molecule has 1 aromatic carbocycles. The Balaban J connectivity index is 1.26. The van der Waals surface area contributed by atoms with Crippen molar-refractivity contribution < 1.29 is 27.8 Å². The number of likely N-dealkylation sites (tertiary alicyclic amines) is 2. The van der Waals surface area contributed by atoms with Gasteiger partial charge in [0.2, 0.25) is 11.8 Å². The number of hydrogen-bond donors (Lipinski definition) is 1. The average molecular weight is 531 g/mol. The van der Waals surface area contributed by atoms with Crippen LogP contribution in [0.15, 0.2) is 36.5 Å². The zero-order valence-electron chi connectivity index (χ0n) is 21.9. The molecule has 1 aromatic heterocycles. The van der Waals surface area contributed by atoms with Gasteiger partial charge in [-0.05, 0) is 68.7 Å². The summed E-state index contributed by atoms with van der Waals surface area (Å²) in [4.78, 5) is 31.9. The quantitative estimate of drug-likeness (QED) is 0.555. The molecular weight excluding hydrogens is 494 g/mol. The summed E-state index contributed by atoms with van der Waals surface area (Å²) in [5.74, 6) is -0.00942. The van der Waals surface area contributed by atoms with Gasteiger partial charge in [-0.25, -0.2) is 18.6 Å². The minimum atomic E-state index is -1.02. The van der Waals surface area contributed by atoms with E-state index in [0.29, 0.717) is 55.6 Å². The van der Waals surface area contributed by atoms with Gasteiger partial charge in [-0.3, -0.25) is 4.79 Å². The van der Waals surface area contributed by atoms with Gasteiger partial charge in [0.1, 0.15) is 12.0 Å². The first-order valence-corrected chi connectivity index (χ1v) is 13.2. The summed E-state index contributed by atoms with van der Waals surface area (Å²) < 4.78 is 39.3. The maximum absolute atomic E-state index is 14.8. The molecule has 3 heterocycles. The number of benzene rings is 1. The molecule has 8 nitrogen and oxygen atoms in total. The maximum atomic E-state index is 14.8. The van der Waals surface area contributed by atoms with E-state index in [4.69, 9.17) is 15.2 Å². The van der Waals surface area contributed by atoms with Crippen molar-refractivity contribution in [1.82, 2.24) is 14.8 Å². The van der Waals surface area contributed by atoms with Crippen LogP contribution < -0.4 is 10.5 Å². The third-order valence-electron chi connectivity index (χ3n) is 7.00. The number of piperidine rings is 1. The van der Waals surface area contributed by atoms with Crippen molar-refractivity contribution in [2.24, 2.45) is 11.7 Å². The molecule has 4 rings (SSSR count). The van der Waals surface area contributed by atoms with Gasteiger partial charge in [-0.15, -0.1) is 0 Å². The molecule has 0 bridgehead atoms. The number of alkyl halides is 1. The predicted octanol–water partition coefficient (Wildman–Crippen LogP) is 3.96. The number of hydrogen-bond acceptors (Lipinski definition) is 6. The summed E-state index contributed by atoms with van der Waals surface area (Å²) in [6, 6.07) is 7.43. The fraction of sp³-hybridized carbons (Fsp3) is 0.536. The van der Waals surface area contributed by atoms with Crippen molar-refractivity contribution in [1.29, 1.82) is 0 Å².